The predicted octanol–water partition coefficient (Wildman–Crippen LogP) is 2.50. The second-order valence-corrected chi connectivity index (χ2v) is 6.91. The van der Waals surface area contributed by atoms with Gasteiger partial charge in [-0.15, -0.1) is 0 Å². The fourth-order valence-electron chi connectivity index (χ4n) is 2.70. The number of amides is 2. The third kappa shape index (κ3) is 4.27. The molecule has 0 saturated heterocycles. The summed E-state index contributed by atoms with van der Waals surface area (Å²) in [6, 6.07) is 12.7. The highest BCUT2D eigenvalue weighted by Gasteiger charge is 2.10. The Morgan fingerprint density at radius 1 is 1.30 bits per heavy atom. The highest BCUT2D eigenvalue weighted by Crippen LogP contribution is 2.22. The average Bonchev–Trinajstić information content (AvgIpc) is 2.99. The van der Waals surface area contributed by atoms with Gasteiger partial charge in [0.25, 0.3) is 5.91 Å². The molecule has 0 radical (unpaired) electrons. The molecule has 0 unspecified atom stereocenters. The number of ether oxygens (including phenoxy) is 1. The molecule has 7 nitrogen and oxygen atoms in total. The van der Waals surface area contributed by atoms with Crippen LogP contribution in [0.4, 0.5) is 0 Å². The van der Waals surface area contributed by atoms with Crippen LogP contribution in [0.3, 0.4) is 0 Å². The molecular formula is C19H17IN4O3. The van der Waals surface area contributed by atoms with E-state index in [9.17, 15) is 9.59 Å². The van der Waals surface area contributed by atoms with E-state index in [-0.39, 0.29) is 12.5 Å². The molecule has 27 heavy (non-hydrogen) atoms. The van der Waals surface area contributed by atoms with Gasteiger partial charge < -0.3 is 15.0 Å². The van der Waals surface area contributed by atoms with Gasteiger partial charge in [0.1, 0.15) is 12.3 Å². The largest absolute Gasteiger partial charge is 0.496 e. The summed E-state index contributed by atoms with van der Waals surface area (Å²) >= 11 is 2.13. The van der Waals surface area contributed by atoms with E-state index < -0.39 is 5.91 Å². The quantitative estimate of drug-likeness (QED) is 0.325. The Balaban J connectivity index is 1.80. The lowest BCUT2D eigenvalue weighted by molar-refractivity contribution is -0.118. The first-order chi connectivity index (χ1) is 13.0. The van der Waals surface area contributed by atoms with Gasteiger partial charge in [0.2, 0.25) is 5.91 Å². The summed E-state index contributed by atoms with van der Waals surface area (Å²) in [6.07, 6.45) is 3.32. The van der Waals surface area contributed by atoms with E-state index in [2.05, 4.69) is 33.1 Å². The molecule has 2 amide bonds. The maximum atomic E-state index is 12.3. The van der Waals surface area contributed by atoms with E-state index in [1.807, 2.05) is 24.3 Å². The van der Waals surface area contributed by atoms with Gasteiger partial charge in [0.05, 0.1) is 16.9 Å². The Morgan fingerprint density at radius 3 is 2.81 bits per heavy atom. The number of carbonyl (C=O) groups is 2. The number of para-hydroxylation sites is 1. The van der Waals surface area contributed by atoms with E-state index in [1.54, 1.807) is 42.3 Å². The van der Waals surface area contributed by atoms with Crippen molar-refractivity contribution in [3.05, 3.63) is 63.4 Å². The number of hydrazone groups is 1. The van der Waals surface area contributed by atoms with Crippen molar-refractivity contribution in [1.82, 2.24) is 9.99 Å². The summed E-state index contributed by atoms with van der Waals surface area (Å²) in [5, 5.41) is 4.95. The van der Waals surface area contributed by atoms with E-state index in [4.69, 9.17) is 10.5 Å². The zero-order valence-corrected chi connectivity index (χ0v) is 16.6. The zero-order valence-electron chi connectivity index (χ0n) is 14.5. The molecule has 0 saturated carbocycles. The molecule has 0 aliphatic rings. The number of aromatic nitrogens is 1. The smallest absolute Gasteiger partial charge is 0.271 e. The maximum absolute atomic E-state index is 12.3. The Labute approximate surface area is 169 Å². The van der Waals surface area contributed by atoms with Gasteiger partial charge >= 0.3 is 0 Å². The van der Waals surface area contributed by atoms with Crippen LogP contribution in [-0.2, 0) is 11.3 Å². The number of nitrogens with zero attached hydrogens (tertiary/aromatic N) is 2. The molecule has 8 heteroatoms. The summed E-state index contributed by atoms with van der Waals surface area (Å²) in [4.78, 5) is 23.5. The summed E-state index contributed by atoms with van der Waals surface area (Å²) in [5.74, 6) is -0.149. The molecule has 0 aliphatic carbocycles. The Bertz CT molecular complexity index is 1040. The van der Waals surface area contributed by atoms with Crippen molar-refractivity contribution >= 4 is 51.5 Å². The Kier molecular flexibility index (Phi) is 5.75. The lowest BCUT2D eigenvalue weighted by Gasteiger charge is -2.05. The number of hydrogen-bond acceptors (Lipinski definition) is 4. The van der Waals surface area contributed by atoms with Crippen molar-refractivity contribution in [2.45, 2.75) is 6.54 Å². The SMILES string of the molecule is COc1cc(C(=O)NN=Cc2cn(CC(N)=O)c3ccccc23)ccc1I. The van der Waals surface area contributed by atoms with E-state index >= 15 is 0 Å². The minimum Gasteiger partial charge on any atom is -0.496 e. The highest BCUT2D eigenvalue weighted by molar-refractivity contribution is 14.1. The molecule has 0 fully saturated rings. The number of rotatable bonds is 6. The molecule has 0 aliphatic heterocycles. The molecular weight excluding hydrogens is 459 g/mol. The number of methoxy groups -OCH3 is 1. The normalized spacial score (nSPS) is 11.0. The van der Waals surface area contributed by atoms with Gasteiger partial charge in [0, 0.05) is 28.2 Å². The monoisotopic (exact) mass is 476 g/mol. The maximum Gasteiger partial charge on any atom is 0.271 e. The van der Waals surface area contributed by atoms with Crippen LogP contribution in [-0.4, -0.2) is 29.7 Å². The fourth-order valence-corrected chi connectivity index (χ4v) is 3.26. The molecule has 3 rings (SSSR count). The number of carbonyl (C=O) groups excluding carboxylic acids is 2. The number of hydrogen-bond donors (Lipinski definition) is 2. The number of nitrogens with two attached hydrogens (primary N) is 1. The summed E-state index contributed by atoms with van der Waals surface area (Å²) in [6.45, 7) is 0.0726. The minimum absolute atomic E-state index is 0.0726. The van der Waals surface area contributed by atoms with Crippen LogP contribution in [0.15, 0.2) is 53.8 Å². The van der Waals surface area contributed by atoms with Crippen LogP contribution in [0.5, 0.6) is 5.75 Å². The number of fused-ring (bicyclic) bond motifs is 1. The van der Waals surface area contributed by atoms with Crippen LogP contribution in [0.2, 0.25) is 0 Å². The van der Waals surface area contributed by atoms with Gasteiger partial charge in [0.15, 0.2) is 0 Å². The Morgan fingerprint density at radius 2 is 2.07 bits per heavy atom. The van der Waals surface area contributed by atoms with Gasteiger partial charge in [-0.3, -0.25) is 9.59 Å². The molecule has 138 valence electrons. The highest BCUT2D eigenvalue weighted by atomic mass is 127. The van der Waals surface area contributed by atoms with Gasteiger partial charge in [-0.2, -0.15) is 5.10 Å². The summed E-state index contributed by atoms with van der Waals surface area (Å²) < 4.78 is 7.89. The fraction of sp³-hybridized carbons (Fsp3) is 0.105. The van der Waals surface area contributed by atoms with E-state index in [1.165, 1.54) is 0 Å². The van der Waals surface area contributed by atoms with Crippen molar-refractivity contribution in [3.8, 4) is 5.75 Å². The van der Waals surface area contributed by atoms with E-state index in [0.29, 0.717) is 11.3 Å². The first kappa shape index (κ1) is 18.9. The molecule has 3 N–H and O–H groups in total. The molecule has 0 atom stereocenters. The van der Waals surface area contributed by atoms with Gasteiger partial charge in [-0.25, -0.2) is 5.43 Å². The van der Waals surface area contributed by atoms with Crippen LogP contribution >= 0.6 is 22.6 Å². The molecule has 1 heterocycles. The van der Waals surface area contributed by atoms with Gasteiger partial charge in [-0.05, 0) is 46.9 Å². The first-order valence-electron chi connectivity index (χ1n) is 8.02. The van der Waals surface area contributed by atoms with Crippen molar-refractivity contribution in [2.24, 2.45) is 10.8 Å². The van der Waals surface area contributed by atoms with Crippen molar-refractivity contribution in [1.29, 1.82) is 0 Å². The number of primary amides is 1. The topological polar surface area (TPSA) is 98.7 Å². The van der Waals surface area contributed by atoms with Crippen LogP contribution in [0.1, 0.15) is 15.9 Å². The van der Waals surface area contributed by atoms with Crippen LogP contribution in [0, 0.1) is 3.57 Å². The average molecular weight is 476 g/mol. The third-order valence-corrected chi connectivity index (χ3v) is 4.82. The van der Waals surface area contributed by atoms with E-state index in [0.717, 1.165) is 20.0 Å². The minimum atomic E-state index is -0.430. The summed E-state index contributed by atoms with van der Waals surface area (Å²) in [7, 11) is 1.55. The second kappa shape index (κ2) is 8.21. The summed E-state index contributed by atoms with van der Waals surface area (Å²) in [5.41, 5.74) is 9.89. The number of halogens is 1. The van der Waals surface area contributed by atoms with Gasteiger partial charge in [-0.1, -0.05) is 18.2 Å². The third-order valence-electron chi connectivity index (χ3n) is 3.93. The lowest BCUT2D eigenvalue weighted by atomic mass is 10.2. The van der Waals surface area contributed by atoms with Crippen molar-refractivity contribution in [3.63, 3.8) is 0 Å². The Hall–Kier alpha value is -2.88. The van der Waals surface area contributed by atoms with Crippen LogP contribution < -0.4 is 15.9 Å². The molecule has 1 aromatic heterocycles. The number of benzene rings is 2. The molecule has 2 aromatic carbocycles. The standard InChI is InChI=1S/C19H17IN4O3/c1-27-17-8-12(6-7-15(17)20)19(26)23-22-9-13-10-24(11-18(21)25)16-5-3-2-4-14(13)16/h2-10H,11H2,1H3,(H2,21,25)(H,23,26). The zero-order chi connectivity index (χ0) is 19.4. The lowest BCUT2D eigenvalue weighted by Crippen LogP contribution is -2.18. The molecule has 0 spiro atoms. The van der Waals surface area contributed by atoms with Crippen molar-refractivity contribution < 1.29 is 14.3 Å². The molecule has 3 aromatic rings. The molecule has 0 bridgehead atoms. The predicted molar refractivity (Wildman–Crippen MR) is 112 cm³/mol. The van der Waals surface area contributed by atoms with Crippen molar-refractivity contribution in [2.75, 3.05) is 7.11 Å². The van der Waals surface area contributed by atoms with Crippen LogP contribution in [0.25, 0.3) is 10.9 Å². The number of nitrogens with one attached hydrogen (secondary N) is 1. The second-order valence-electron chi connectivity index (χ2n) is 5.74. The first-order valence-corrected chi connectivity index (χ1v) is 9.10.